The van der Waals surface area contributed by atoms with Crippen molar-refractivity contribution in [2.75, 3.05) is 27.2 Å². The van der Waals surface area contributed by atoms with Gasteiger partial charge in [-0.05, 0) is 45.1 Å². The van der Waals surface area contributed by atoms with Gasteiger partial charge in [-0.15, -0.1) is 0 Å². The zero-order chi connectivity index (χ0) is 23.0. The van der Waals surface area contributed by atoms with Crippen molar-refractivity contribution in [2.24, 2.45) is 11.8 Å². The molecule has 0 spiro atoms. The maximum absolute atomic E-state index is 12.7. The monoisotopic (exact) mass is 442 g/mol. The number of aromatic hydroxyl groups is 1. The van der Waals surface area contributed by atoms with E-state index in [1.54, 1.807) is 19.1 Å². The molecule has 3 aliphatic heterocycles. The Morgan fingerprint density at radius 3 is 2.28 bits per heavy atom. The number of fused-ring (bicyclic) bond motifs is 5. The van der Waals surface area contributed by atoms with E-state index in [-0.39, 0.29) is 54.4 Å². The highest BCUT2D eigenvalue weighted by atomic mass is 16.5. The lowest BCUT2D eigenvalue weighted by Gasteiger charge is -2.26. The van der Waals surface area contributed by atoms with E-state index < -0.39 is 11.8 Å². The van der Waals surface area contributed by atoms with Crippen LogP contribution >= 0.6 is 0 Å². The van der Waals surface area contributed by atoms with Gasteiger partial charge in [-0.3, -0.25) is 14.5 Å². The molecule has 2 fully saturated rings. The van der Waals surface area contributed by atoms with Crippen LogP contribution in [0.5, 0.6) is 5.75 Å². The zero-order valence-electron chi connectivity index (χ0n) is 18.5. The summed E-state index contributed by atoms with van der Waals surface area (Å²) in [6.45, 7) is 2.34. The highest BCUT2D eigenvalue weighted by molar-refractivity contribution is 6.06. The number of amides is 4. The van der Waals surface area contributed by atoms with Crippen molar-refractivity contribution in [3.8, 4) is 5.75 Å². The molecule has 3 N–H and O–H groups in total. The Labute approximate surface area is 187 Å². The van der Waals surface area contributed by atoms with Crippen LogP contribution in [0, 0.1) is 11.8 Å². The van der Waals surface area contributed by atoms with Crippen LogP contribution in [0.25, 0.3) is 0 Å². The third kappa shape index (κ3) is 4.35. The normalized spacial score (nSPS) is 27.7. The van der Waals surface area contributed by atoms with Gasteiger partial charge in [0.15, 0.2) is 0 Å². The summed E-state index contributed by atoms with van der Waals surface area (Å²) in [5.74, 6) is -1.07. The van der Waals surface area contributed by atoms with Crippen molar-refractivity contribution in [3.63, 3.8) is 0 Å². The number of hydrogen-bond acceptors (Lipinski definition) is 6. The lowest BCUT2D eigenvalue weighted by Crippen LogP contribution is -2.50. The second-order valence-corrected chi connectivity index (χ2v) is 9.03. The van der Waals surface area contributed by atoms with Gasteiger partial charge in [-0.1, -0.05) is 24.3 Å². The molecule has 9 heteroatoms. The quantitative estimate of drug-likeness (QED) is 0.399. The molecule has 2 saturated heterocycles. The molecule has 0 aromatic heterocycles. The summed E-state index contributed by atoms with van der Waals surface area (Å²) in [6, 6.07) is 6.34. The van der Waals surface area contributed by atoms with Crippen LogP contribution in [0.2, 0.25) is 0 Å². The van der Waals surface area contributed by atoms with Crippen LogP contribution < -0.4 is 10.6 Å². The molecule has 2 bridgehead atoms. The molecule has 5 unspecified atom stereocenters. The first-order valence-electron chi connectivity index (χ1n) is 10.9. The summed E-state index contributed by atoms with van der Waals surface area (Å²) in [4.78, 5) is 41.2. The third-order valence-corrected chi connectivity index (χ3v) is 6.47. The van der Waals surface area contributed by atoms with E-state index in [9.17, 15) is 19.5 Å². The Kier molecular flexibility index (Phi) is 6.21. The molecule has 6 atom stereocenters. The number of nitrogens with zero attached hydrogens (tertiary/aromatic N) is 2. The number of likely N-dealkylation sites (tertiary alicyclic amines) is 1. The minimum absolute atomic E-state index is 0.0599. The van der Waals surface area contributed by atoms with E-state index in [4.69, 9.17) is 4.74 Å². The minimum atomic E-state index is -0.431. The van der Waals surface area contributed by atoms with Gasteiger partial charge in [0.2, 0.25) is 11.8 Å². The number of benzene rings is 1. The Balaban J connectivity index is 1.26. The molecule has 0 radical (unpaired) electrons. The number of carbonyl (C=O) groups is 3. The molecular formula is C23H30N4O5. The fourth-order valence-corrected chi connectivity index (χ4v) is 4.69. The van der Waals surface area contributed by atoms with E-state index in [0.717, 1.165) is 5.56 Å². The molecular weight excluding hydrogens is 412 g/mol. The van der Waals surface area contributed by atoms with Gasteiger partial charge in [-0.25, -0.2) is 4.79 Å². The topological polar surface area (TPSA) is 111 Å². The van der Waals surface area contributed by atoms with Crippen molar-refractivity contribution < 1.29 is 24.2 Å². The van der Waals surface area contributed by atoms with Crippen molar-refractivity contribution in [2.45, 2.75) is 37.6 Å². The molecule has 32 heavy (non-hydrogen) atoms. The number of phenols is 1. The lowest BCUT2D eigenvalue weighted by atomic mass is 9.85. The van der Waals surface area contributed by atoms with Gasteiger partial charge in [-0.2, -0.15) is 0 Å². The smallest absolute Gasteiger partial charge is 0.315 e. The van der Waals surface area contributed by atoms with E-state index in [2.05, 4.69) is 10.6 Å². The van der Waals surface area contributed by atoms with Gasteiger partial charge in [0.05, 0.1) is 24.0 Å². The number of phenolic OH excluding ortho intramolecular Hbond substituents is 1. The molecule has 3 aliphatic rings. The first-order valence-corrected chi connectivity index (χ1v) is 10.9. The fourth-order valence-electron chi connectivity index (χ4n) is 4.69. The third-order valence-electron chi connectivity index (χ3n) is 6.47. The summed E-state index contributed by atoms with van der Waals surface area (Å²) in [5.41, 5.74) is 1.06. The number of hydrogen-bond donors (Lipinski definition) is 3. The van der Waals surface area contributed by atoms with E-state index >= 15 is 0 Å². The Morgan fingerprint density at radius 1 is 1.12 bits per heavy atom. The summed E-state index contributed by atoms with van der Waals surface area (Å²) in [7, 11) is 3.89. The second kappa shape index (κ2) is 8.91. The zero-order valence-corrected chi connectivity index (χ0v) is 18.5. The average Bonchev–Trinajstić information content (AvgIpc) is 3.42. The molecule has 1 aromatic rings. The second-order valence-electron chi connectivity index (χ2n) is 9.03. The van der Waals surface area contributed by atoms with Gasteiger partial charge >= 0.3 is 6.03 Å². The van der Waals surface area contributed by atoms with E-state index in [1.807, 2.05) is 43.3 Å². The number of carbonyl (C=O) groups excluding carboxylic acids is 3. The van der Waals surface area contributed by atoms with Gasteiger partial charge < -0.3 is 25.4 Å². The fraction of sp³-hybridized carbons (Fsp3) is 0.522. The maximum Gasteiger partial charge on any atom is 0.315 e. The first kappa shape index (κ1) is 22.3. The number of urea groups is 1. The predicted molar refractivity (Wildman–Crippen MR) is 117 cm³/mol. The summed E-state index contributed by atoms with van der Waals surface area (Å²) < 4.78 is 5.64. The van der Waals surface area contributed by atoms with Crippen molar-refractivity contribution in [1.82, 2.24) is 20.4 Å². The maximum atomic E-state index is 12.7. The van der Waals surface area contributed by atoms with Crippen molar-refractivity contribution >= 4 is 17.8 Å². The first-order chi connectivity index (χ1) is 15.2. The van der Waals surface area contributed by atoms with Crippen LogP contribution in [0.3, 0.4) is 0 Å². The van der Waals surface area contributed by atoms with Gasteiger partial charge in [0, 0.05) is 25.2 Å². The molecule has 4 rings (SSSR count). The number of likely N-dealkylation sites (N-methyl/N-ethyl adjacent to an activating group) is 1. The molecule has 0 aliphatic carbocycles. The van der Waals surface area contributed by atoms with E-state index in [0.29, 0.717) is 13.0 Å². The van der Waals surface area contributed by atoms with Crippen LogP contribution in [0.1, 0.15) is 12.5 Å². The summed E-state index contributed by atoms with van der Waals surface area (Å²) in [5, 5.41) is 15.1. The predicted octanol–water partition coefficient (Wildman–Crippen LogP) is 0.491. The lowest BCUT2D eigenvalue weighted by molar-refractivity contribution is -0.142. The Morgan fingerprint density at radius 2 is 1.72 bits per heavy atom. The SMILES string of the molecule is C[C@@H](CN1C(=O)C2C3C=CC(O3)C2C1=O)NC(=O)NCC(Cc1ccc(O)cc1)N(C)C. The Bertz CT molecular complexity index is 885. The van der Waals surface area contributed by atoms with Crippen molar-refractivity contribution in [1.29, 1.82) is 0 Å². The van der Waals surface area contributed by atoms with Crippen LogP contribution in [0.15, 0.2) is 36.4 Å². The van der Waals surface area contributed by atoms with Crippen molar-refractivity contribution in [3.05, 3.63) is 42.0 Å². The largest absolute Gasteiger partial charge is 0.508 e. The molecule has 4 amide bonds. The highest BCUT2D eigenvalue weighted by Gasteiger charge is 2.60. The summed E-state index contributed by atoms with van der Waals surface area (Å²) >= 11 is 0. The highest BCUT2D eigenvalue weighted by Crippen LogP contribution is 2.44. The van der Waals surface area contributed by atoms with Crippen LogP contribution in [-0.2, 0) is 20.7 Å². The standard InChI is InChI=1S/C23H30N4O5/c1-13(12-27-21(29)19-17-8-9-18(32-17)20(19)22(27)30)25-23(31)24-11-15(26(2)3)10-14-4-6-16(28)7-5-14/h4-9,13,15,17-20,28H,10-12H2,1-3H3,(H2,24,25,31)/t13-,15?,17?,18?,19?,20?/m0/s1. The average molecular weight is 443 g/mol. The van der Waals surface area contributed by atoms with Crippen LogP contribution in [-0.4, -0.2) is 84.2 Å². The number of nitrogens with one attached hydrogen (secondary N) is 2. The summed E-state index contributed by atoms with van der Waals surface area (Å²) in [6.07, 6.45) is 3.80. The molecule has 1 aromatic carbocycles. The molecule has 172 valence electrons. The molecule has 3 heterocycles. The number of ether oxygens (including phenoxy) is 1. The molecule has 9 nitrogen and oxygen atoms in total. The van der Waals surface area contributed by atoms with Gasteiger partial charge in [0.25, 0.3) is 0 Å². The van der Waals surface area contributed by atoms with Gasteiger partial charge in [0.1, 0.15) is 5.75 Å². The van der Waals surface area contributed by atoms with Crippen LogP contribution in [0.4, 0.5) is 4.79 Å². The Hall–Kier alpha value is -2.91. The molecule has 0 saturated carbocycles. The van der Waals surface area contributed by atoms with E-state index in [1.165, 1.54) is 4.90 Å². The number of rotatable bonds is 8. The number of imide groups is 1. The minimum Gasteiger partial charge on any atom is -0.508 e.